The summed E-state index contributed by atoms with van der Waals surface area (Å²) in [4.78, 5) is 23.2. The van der Waals surface area contributed by atoms with Crippen LogP contribution in [-0.2, 0) is 11.3 Å². The van der Waals surface area contributed by atoms with Crippen LogP contribution < -0.4 is 10.7 Å². The molecule has 0 bridgehead atoms. The Morgan fingerprint density at radius 2 is 1.89 bits per heavy atom. The second kappa shape index (κ2) is 8.14. The predicted molar refractivity (Wildman–Crippen MR) is 108 cm³/mol. The topological polar surface area (TPSA) is 75.5 Å². The summed E-state index contributed by atoms with van der Waals surface area (Å²) in [5.74, 6) is -0.483. The number of anilines is 1. The van der Waals surface area contributed by atoms with Crippen LogP contribution in [0, 0.1) is 0 Å². The summed E-state index contributed by atoms with van der Waals surface area (Å²) >= 11 is 0. The maximum atomic E-state index is 12.2. The second-order valence-corrected chi connectivity index (χ2v) is 6.00. The zero-order valence-corrected chi connectivity index (χ0v) is 15.0. The van der Waals surface area contributed by atoms with Crippen LogP contribution in [0.1, 0.15) is 22.8 Å². The lowest BCUT2D eigenvalue weighted by atomic mass is 10.2. The molecule has 0 radical (unpaired) electrons. The van der Waals surface area contributed by atoms with Gasteiger partial charge in [0.1, 0.15) is 0 Å². The average molecular weight is 360 g/mol. The molecule has 6 nitrogen and oxygen atoms in total. The normalized spacial score (nSPS) is 10.9. The Bertz CT molecular complexity index is 1020. The van der Waals surface area contributed by atoms with Gasteiger partial charge in [-0.25, -0.2) is 5.43 Å². The molecule has 0 spiro atoms. The van der Waals surface area contributed by atoms with Gasteiger partial charge in [-0.15, -0.1) is 6.58 Å². The van der Waals surface area contributed by atoms with E-state index in [0.29, 0.717) is 17.8 Å². The minimum atomic E-state index is -0.324. The first-order valence-electron chi connectivity index (χ1n) is 8.48. The summed E-state index contributed by atoms with van der Waals surface area (Å²) in [6.07, 6.45) is 5.44. The van der Waals surface area contributed by atoms with E-state index in [0.717, 1.165) is 16.5 Å². The number of para-hydroxylation sites is 1. The minimum Gasteiger partial charge on any atom is -0.343 e. The number of aromatic nitrogens is 1. The zero-order valence-electron chi connectivity index (χ0n) is 15.0. The first-order valence-corrected chi connectivity index (χ1v) is 8.48. The fraction of sp³-hybridized carbons (Fsp3) is 0.0952. The number of nitrogens with one attached hydrogen (secondary N) is 2. The molecule has 136 valence electrons. The third-order valence-electron chi connectivity index (χ3n) is 3.98. The highest BCUT2D eigenvalue weighted by Crippen LogP contribution is 2.20. The van der Waals surface area contributed by atoms with Crippen LogP contribution in [0.5, 0.6) is 0 Å². The smallest absolute Gasteiger partial charge is 0.271 e. The van der Waals surface area contributed by atoms with Crippen LogP contribution in [-0.4, -0.2) is 22.6 Å². The molecule has 0 aliphatic heterocycles. The van der Waals surface area contributed by atoms with E-state index in [9.17, 15) is 9.59 Å². The molecule has 0 atom stereocenters. The van der Waals surface area contributed by atoms with Crippen LogP contribution in [0.15, 0.2) is 72.5 Å². The van der Waals surface area contributed by atoms with Crippen molar-refractivity contribution in [2.75, 3.05) is 5.32 Å². The van der Waals surface area contributed by atoms with Gasteiger partial charge in [-0.3, -0.25) is 9.59 Å². The van der Waals surface area contributed by atoms with Crippen LogP contribution in [0.25, 0.3) is 10.9 Å². The molecular formula is C21H20N4O2. The molecule has 0 saturated carbocycles. The molecule has 2 N–H and O–H groups in total. The van der Waals surface area contributed by atoms with E-state index in [1.807, 2.05) is 36.5 Å². The van der Waals surface area contributed by atoms with E-state index in [1.54, 1.807) is 30.5 Å². The Labute approximate surface area is 157 Å². The Morgan fingerprint density at radius 3 is 2.59 bits per heavy atom. The first-order chi connectivity index (χ1) is 13.1. The summed E-state index contributed by atoms with van der Waals surface area (Å²) < 4.78 is 2.08. The molecule has 2 aromatic carbocycles. The number of hydrogen-bond acceptors (Lipinski definition) is 3. The van der Waals surface area contributed by atoms with Crippen molar-refractivity contribution in [2.45, 2.75) is 13.5 Å². The maximum Gasteiger partial charge on any atom is 0.271 e. The van der Waals surface area contributed by atoms with Crippen molar-refractivity contribution >= 4 is 34.6 Å². The molecule has 0 saturated heterocycles. The van der Waals surface area contributed by atoms with Crippen LogP contribution in [0.3, 0.4) is 0 Å². The summed E-state index contributed by atoms with van der Waals surface area (Å²) in [6, 6.07) is 14.6. The molecule has 0 aliphatic carbocycles. The first kappa shape index (κ1) is 18.1. The highest BCUT2D eigenvalue weighted by atomic mass is 16.2. The summed E-state index contributed by atoms with van der Waals surface area (Å²) in [7, 11) is 0. The van der Waals surface area contributed by atoms with Crippen molar-refractivity contribution in [3.05, 3.63) is 78.5 Å². The third-order valence-corrected chi connectivity index (χ3v) is 3.98. The molecule has 2 amide bonds. The quantitative estimate of drug-likeness (QED) is 0.401. The summed E-state index contributed by atoms with van der Waals surface area (Å²) in [5, 5.41) is 7.79. The highest BCUT2D eigenvalue weighted by Gasteiger charge is 2.07. The number of hydrogen-bond donors (Lipinski definition) is 2. The van der Waals surface area contributed by atoms with Gasteiger partial charge in [0.2, 0.25) is 5.91 Å². The molecule has 3 aromatic rings. The molecular weight excluding hydrogens is 340 g/mol. The van der Waals surface area contributed by atoms with Gasteiger partial charge < -0.3 is 9.88 Å². The lowest BCUT2D eigenvalue weighted by Crippen LogP contribution is -2.17. The number of hydrazone groups is 1. The molecule has 1 aromatic heterocycles. The molecule has 6 heteroatoms. The number of allylic oxidation sites excluding steroid dienone is 1. The van der Waals surface area contributed by atoms with Gasteiger partial charge >= 0.3 is 0 Å². The number of fused-ring (bicyclic) bond motifs is 1. The van der Waals surface area contributed by atoms with Crippen molar-refractivity contribution in [3.8, 4) is 0 Å². The monoisotopic (exact) mass is 360 g/mol. The lowest BCUT2D eigenvalue weighted by Gasteiger charge is -2.03. The Morgan fingerprint density at radius 1 is 1.15 bits per heavy atom. The highest BCUT2D eigenvalue weighted by molar-refractivity contribution is 6.00. The largest absolute Gasteiger partial charge is 0.343 e. The third kappa shape index (κ3) is 4.30. The Balaban J connectivity index is 1.72. The van der Waals surface area contributed by atoms with E-state index in [1.165, 1.54) is 6.92 Å². The van der Waals surface area contributed by atoms with Crippen molar-refractivity contribution in [1.29, 1.82) is 0 Å². The number of nitrogens with zero attached hydrogens (tertiary/aromatic N) is 2. The van der Waals surface area contributed by atoms with Gasteiger partial charge in [0.25, 0.3) is 5.91 Å². The van der Waals surface area contributed by atoms with E-state index in [-0.39, 0.29) is 11.8 Å². The predicted octanol–water partition coefficient (Wildman–Crippen LogP) is 3.55. The number of amides is 2. The maximum absolute atomic E-state index is 12.2. The van der Waals surface area contributed by atoms with Gasteiger partial charge in [-0.1, -0.05) is 24.3 Å². The molecule has 0 fully saturated rings. The van der Waals surface area contributed by atoms with Crippen LogP contribution >= 0.6 is 0 Å². The molecule has 0 unspecified atom stereocenters. The van der Waals surface area contributed by atoms with Crippen molar-refractivity contribution in [3.63, 3.8) is 0 Å². The van der Waals surface area contributed by atoms with Crippen LogP contribution in [0.2, 0.25) is 0 Å². The lowest BCUT2D eigenvalue weighted by molar-refractivity contribution is -0.114. The van der Waals surface area contributed by atoms with E-state index >= 15 is 0 Å². The summed E-state index contributed by atoms with van der Waals surface area (Å²) in [6.45, 7) is 5.91. The van der Waals surface area contributed by atoms with Crippen molar-refractivity contribution in [1.82, 2.24) is 9.99 Å². The molecule has 1 heterocycles. The number of carbonyl (C=O) groups excluding carboxylic acids is 2. The Kier molecular flexibility index (Phi) is 5.47. The standard InChI is InChI=1S/C21H20N4O2/c1-3-12-25-14-17(19-6-4-5-7-20(19)25)13-22-24-21(27)16-8-10-18(11-9-16)23-15(2)26/h3-11,13-14H,1,12H2,2H3,(H,23,26)(H,24,27)/b22-13-. The fourth-order valence-corrected chi connectivity index (χ4v) is 2.80. The number of benzene rings is 2. The molecule has 27 heavy (non-hydrogen) atoms. The zero-order chi connectivity index (χ0) is 19.2. The summed E-state index contributed by atoms with van der Waals surface area (Å²) in [5.41, 5.74) is 5.61. The minimum absolute atomic E-state index is 0.160. The van der Waals surface area contributed by atoms with E-state index in [2.05, 4.69) is 27.0 Å². The number of rotatable bonds is 6. The van der Waals surface area contributed by atoms with Crippen LogP contribution in [0.4, 0.5) is 5.69 Å². The Hall–Kier alpha value is -3.67. The van der Waals surface area contributed by atoms with Gasteiger partial charge in [0, 0.05) is 47.4 Å². The average Bonchev–Trinajstić information content (AvgIpc) is 3.00. The molecule has 0 aliphatic rings. The van der Waals surface area contributed by atoms with Gasteiger partial charge in [0.15, 0.2) is 0 Å². The molecule has 3 rings (SSSR count). The van der Waals surface area contributed by atoms with Crippen molar-refractivity contribution < 1.29 is 9.59 Å². The van der Waals surface area contributed by atoms with Gasteiger partial charge in [0.05, 0.1) is 6.21 Å². The van der Waals surface area contributed by atoms with Gasteiger partial charge in [-0.05, 0) is 30.3 Å². The van der Waals surface area contributed by atoms with Crippen molar-refractivity contribution in [2.24, 2.45) is 5.10 Å². The number of carbonyl (C=O) groups is 2. The second-order valence-electron chi connectivity index (χ2n) is 6.00. The SMILES string of the molecule is C=CCn1cc(/C=N\NC(=O)c2ccc(NC(C)=O)cc2)c2ccccc21. The van der Waals surface area contributed by atoms with E-state index < -0.39 is 0 Å². The van der Waals surface area contributed by atoms with Gasteiger partial charge in [-0.2, -0.15) is 5.10 Å². The van der Waals surface area contributed by atoms with E-state index in [4.69, 9.17) is 0 Å². The fourth-order valence-electron chi connectivity index (χ4n) is 2.80.